The normalized spacial score (nSPS) is 12.2. The lowest BCUT2D eigenvalue weighted by molar-refractivity contribution is 0.0526. The maximum Gasteiger partial charge on any atom is 0.338 e. The van der Waals surface area contributed by atoms with Crippen molar-refractivity contribution in [3.63, 3.8) is 0 Å². The van der Waals surface area contributed by atoms with Crippen molar-refractivity contribution in [2.75, 3.05) is 6.61 Å². The predicted octanol–water partition coefficient (Wildman–Crippen LogP) is 2.51. The van der Waals surface area contributed by atoms with Gasteiger partial charge in [0.25, 0.3) is 0 Å². The highest BCUT2D eigenvalue weighted by Crippen LogP contribution is 2.25. The van der Waals surface area contributed by atoms with Gasteiger partial charge in [-0.05, 0) is 47.5 Å². The van der Waals surface area contributed by atoms with Crippen molar-refractivity contribution in [3.05, 3.63) is 27.7 Å². The van der Waals surface area contributed by atoms with E-state index in [2.05, 4.69) is 15.9 Å². The summed E-state index contributed by atoms with van der Waals surface area (Å²) in [5, 5.41) is 0. The molecule has 0 saturated carbocycles. The van der Waals surface area contributed by atoms with E-state index in [9.17, 15) is 9.00 Å². The van der Waals surface area contributed by atoms with Gasteiger partial charge in [-0.2, -0.15) is 0 Å². The molecule has 1 rings (SSSR count). The van der Waals surface area contributed by atoms with Gasteiger partial charge in [-0.25, -0.2) is 9.00 Å². The molecule has 0 saturated heterocycles. The maximum atomic E-state index is 11.5. The second-order valence-electron chi connectivity index (χ2n) is 3.07. The van der Waals surface area contributed by atoms with E-state index in [1.165, 1.54) is 6.07 Å². The lowest BCUT2D eigenvalue weighted by Crippen LogP contribution is -2.06. The largest absolute Gasteiger partial charge is 0.462 e. The molecule has 0 aliphatic heterocycles. The van der Waals surface area contributed by atoms with Crippen molar-refractivity contribution in [1.82, 2.24) is 0 Å². The van der Waals surface area contributed by atoms with Crippen LogP contribution in [0.3, 0.4) is 0 Å². The number of esters is 1. The number of benzene rings is 1. The van der Waals surface area contributed by atoms with Crippen molar-refractivity contribution < 1.29 is 18.3 Å². The number of hydrogen-bond donors (Lipinski definition) is 1. The zero-order chi connectivity index (χ0) is 12.3. The van der Waals surface area contributed by atoms with Crippen LogP contribution in [0.25, 0.3) is 0 Å². The number of aryl methyl sites for hydroxylation is 1. The Hall–Kier alpha value is -0.720. The fourth-order valence-corrected chi connectivity index (χ4v) is 2.38. The predicted molar refractivity (Wildman–Crippen MR) is 63.9 cm³/mol. The molecule has 1 unspecified atom stereocenters. The van der Waals surface area contributed by atoms with Crippen LogP contribution in [0.5, 0.6) is 0 Å². The first-order chi connectivity index (χ1) is 7.47. The van der Waals surface area contributed by atoms with E-state index in [0.29, 0.717) is 10.0 Å². The Labute approximate surface area is 104 Å². The lowest BCUT2D eigenvalue weighted by atomic mass is 10.1. The smallest absolute Gasteiger partial charge is 0.338 e. The van der Waals surface area contributed by atoms with E-state index in [-0.39, 0.29) is 17.1 Å². The van der Waals surface area contributed by atoms with E-state index in [1.807, 2.05) is 0 Å². The van der Waals surface area contributed by atoms with E-state index < -0.39 is 17.0 Å². The minimum absolute atomic E-state index is 0.169. The molecule has 0 aliphatic rings. The highest BCUT2D eigenvalue weighted by Gasteiger charge is 2.15. The maximum absolute atomic E-state index is 11.5. The first-order valence-electron chi connectivity index (χ1n) is 4.55. The third kappa shape index (κ3) is 2.90. The zero-order valence-electron chi connectivity index (χ0n) is 8.82. The zero-order valence-corrected chi connectivity index (χ0v) is 11.2. The van der Waals surface area contributed by atoms with Crippen molar-refractivity contribution in [2.45, 2.75) is 18.7 Å². The van der Waals surface area contributed by atoms with Crippen molar-refractivity contribution in [3.8, 4) is 0 Å². The quantitative estimate of drug-likeness (QED) is 0.688. The van der Waals surface area contributed by atoms with Gasteiger partial charge in [0.2, 0.25) is 0 Å². The fraction of sp³-hybridized carbons (Fsp3) is 0.300. The summed E-state index contributed by atoms with van der Waals surface area (Å²) in [7, 11) is 0. The van der Waals surface area contributed by atoms with E-state index in [4.69, 9.17) is 9.29 Å². The Kier molecular flexibility index (Phi) is 4.64. The van der Waals surface area contributed by atoms with Crippen LogP contribution in [0.2, 0.25) is 0 Å². The topological polar surface area (TPSA) is 63.6 Å². The molecule has 0 aromatic heterocycles. The van der Waals surface area contributed by atoms with Crippen LogP contribution >= 0.6 is 15.9 Å². The molecule has 88 valence electrons. The standard InChI is InChI=1S/C10H11BrO4S/c1-3-15-10(12)7-4-6(2)9(11)8(5-7)16(13)14/h4-5H,3H2,1-2H3,(H,13,14). The second kappa shape index (κ2) is 5.56. The van der Waals surface area contributed by atoms with Gasteiger partial charge in [0.05, 0.1) is 17.1 Å². The lowest BCUT2D eigenvalue weighted by Gasteiger charge is -2.07. The molecular formula is C10H11BrO4S. The molecule has 0 amide bonds. The van der Waals surface area contributed by atoms with Crippen LogP contribution in [-0.4, -0.2) is 21.3 Å². The average molecular weight is 307 g/mol. The Bertz CT molecular complexity index is 445. The summed E-state index contributed by atoms with van der Waals surface area (Å²) < 4.78 is 25.4. The first-order valence-corrected chi connectivity index (χ1v) is 6.45. The highest BCUT2D eigenvalue weighted by atomic mass is 79.9. The highest BCUT2D eigenvalue weighted by molar-refractivity contribution is 9.10. The van der Waals surface area contributed by atoms with Gasteiger partial charge in [0.15, 0.2) is 11.1 Å². The summed E-state index contributed by atoms with van der Waals surface area (Å²) in [6, 6.07) is 2.96. The molecule has 0 spiro atoms. The molecule has 1 aromatic rings. The van der Waals surface area contributed by atoms with Crippen molar-refractivity contribution in [2.24, 2.45) is 0 Å². The fourth-order valence-electron chi connectivity index (χ4n) is 1.20. The van der Waals surface area contributed by atoms with E-state index in [0.717, 1.165) is 0 Å². The Morgan fingerprint density at radius 2 is 2.19 bits per heavy atom. The summed E-state index contributed by atoms with van der Waals surface area (Å²) in [4.78, 5) is 11.6. The minimum Gasteiger partial charge on any atom is -0.462 e. The summed E-state index contributed by atoms with van der Waals surface area (Å²) in [5.74, 6) is -0.496. The SMILES string of the molecule is CCOC(=O)c1cc(C)c(Br)c(S(=O)O)c1. The number of hydrogen-bond acceptors (Lipinski definition) is 3. The van der Waals surface area contributed by atoms with Crippen LogP contribution in [0.1, 0.15) is 22.8 Å². The number of carbonyl (C=O) groups excluding carboxylic acids is 1. The molecular weight excluding hydrogens is 296 g/mol. The van der Waals surface area contributed by atoms with Gasteiger partial charge in [0.1, 0.15) is 0 Å². The average Bonchev–Trinajstić information content (AvgIpc) is 2.21. The molecule has 1 N–H and O–H groups in total. The third-order valence-electron chi connectivity index (χ3n) is 1.92. The Morgan fingerprint density at radius 1 is 1.56 bits per heavy atom. The van der Waals surface area contributed by atoms with Crippen LogP contribution in [0, 0.1) is 6.92 Å². The first kappa shape index (κ1) is 13.3. The summed E-state index contributed by atoms with van der Waals surface area (Å²) in [6.45, 7) is 3.71. The van der Waals surface area contributed by atoms with Gasteiger partial charge < -0.3 is 9.29 Å². The molecule has 0 bridgehead atoms. The molecule has 0 heterocycles. The van der Waals surface area contributed by atoms with Crippen molar-refractivity contribution >= 4 is 33.0 Å². The summed E-state index contributed by atoms with van der Waals surface area (Å²) in [6.07, 6.45) is 0. The molecule has 1 aromatic carbocycles. The molecule has 0 fully saturated rings. The number of halogens is 1. The van der Waals surface area contributed by atoms with Crippen LogP contribution in [0.15, 0.2) is 21.5 Å². The van der Waals surface area contributed by atoms with Gasteiger partial charge in [-0.15, -0.1) is 0 Å². The summed E-state index contributed by atoms with van der Waals surface area (Å²) >= 11 is 1.06. The van der Waals surface area contributed by atoms with Crippen LogP contribution < -0.4 is 0 Å². The van der Waals surface area contributed by atoms with Gasteiger partial charge >= 0.3 is 5.97 Å². The minimum atomic E-state index is -2.14. The van der Waals surface area contributed by atoms with Gasteiger partial charge in [0, 0.05) is 4.47 Å². The third-order valence-corrected chi connectivity index (χ3v) is 3.93. The van der Waals surface area contributed by atoms with Gasteiger partial charge in [-0.1, -0.05) is 0 Å². The Morgan fingerprint density at radius 3 is 2.69 bits per heavy atom. The molecule has 6 heteroatoms. The molecule has 16 heavy (non-hydrogen) atoms. The van der Waals surface area contributed by atoms with Crippen LogP contribution in [-0.2, 0) is 15.8 Å². The monoisotopic (exact) mass is 306 g/mol. The second-order valence-corrected chi connectivity index (χ2v) is 4.81. The van der Waals surface area contributed by atoms with E-state index in [1.54, 1.807) is 19.9 Å². The summed E-state index contributed by atoms with van der Waals surface area (Å²) in [5.41, 5.74) is 0.989. The number of rotatable bonds is 3. The molecule has 0 radical (unpaired) electrons. The van der Waals surface area contributed by atoms with Crippen LogP contribution in [0.4, 0.5) is 0 Å². The molecule has 4 nitrogen and oxygen atoms in total. The van der Waals surface area contributed by atoms with Gasteiger partial charge in [-0.3, -0.25) is 0 Å². The van der Waals surface area contributed by atoms with Crippen molar-refractivity contribution in [1.29, 1.82) is 0 Å². The Balaban J connectivity index is 3.24. The molecule has 1 atom stereocenters. The number of ether oxygens (including phenoxy) is 1. The van der Waals surface area contributed by atoms with E-state index >= 15 is 0 Å². The molecule has 0 aliphatic carbocycles. The number of carbonyl (C=O) groups is 1.